The van der Waals surface area contributed by atoms with Crippen LogP contribution < -0.4 is 0 Å². The summed E-state index contributed by atoms with van der Waals surface area (Å²) < 4.78 is 10.6. The van der Waals surface area contributed by atoms with Gasteiger partial charge in [0.2, 0.25) is 0 Å². The van der Waals surface area contributed by atoms with Crippen molar-refractivity contribution in [2.24, 2.45) is 11.8 Å². The molecule has 4 N–H and O–H groups in total. The first-order valence-electron chi connectivity index (χ1n) is 21.5. The van der Waals surface area contributed by atoms with Crippen LogP contribution in [0.4, 0.5) is 0 Å². The smallest absolute Gasteiger partial charge is 0.306 e. The molecule has 300 valence electrons. The quantitative estimate of drug-likeness (QED) is 0.0289. The summed E-state index contributed by atoms with van der Waals surface area (Å²) in [7, 11) is 0. The third kappa shape index (κ3) is 26.0. The van der Waals surface area contributed by atoms with Gasteiger partial charge in [0.15, 0.2) is 6.10 Å². The van der Waals surface area contributed by atoms with Crippen molar-refractivity contribution in [1.82, 2.24) is 0 Å². The average molecular weight is 725 g/mol. The van der Waals surface area contributed by atoms with Crippen LogP contribution in [0.2, 0.25) is 0 Å². The Morgan fingerprint density at radius 1 is 0.647 bits per heavy atom. The van der Waals surface area contributed by atoms with Crippen LogP contribution in [0.15, 0.2) is 12.2 Å². The summed E-state index contributed by atoms with van der Waals surface area (Å²) in [6.45, 7) is 3.88. The second-order valence-electron chi connectivity index (χ2n) is 15.4. The monoisotopic (exact) mass is 725 g/mol. The molecule has 1 aliphatic carbocycles. The van der Waals surface area contributed by atoms with E-state index in [1.807, 2.05) is 6.08 Å². The molecule has 1 aliphatic rings. The van der Waals surface area contributed by atoms with Gasteiger partial charge in [-0.2, -0.15) is 0 Å². The van der Waals surface area contributed by atoms with Gasteiger partial charge in [0.05, 0.1) is 24.9 Å². The van der Waals surface area contributed by atoms with Crippen LogP contribution in [0.5, 0.6) is 0 Å². The lowest BCUT2D eigenvalue weighted by Crippen LogP contribution is -2.28. The highest BCUT2D eigenvalue weighted by atomic mass is 16.6. The third-order valence-electron chi connectivity index (χ3n) is 10.7. The zero-order chi connectivity index (χ0) is 37.4. The zero-order valence-corrected chi connectivity index (χ0v) is 33.0. The number of carbonyl (C=O) groups excluding carboxylic acids is 2. The Labute approximate surface area is 312 Å². The lowest BCUT2D eigenvalue weighted by molar-refractivity contribution is -0.161. The third-order valence-corrected chi connectivity index (χ3v) is 10.7. The highest BCUT2D eigenvalue weighted by Gasteiger charge is 2.39. The van der Waals surface area contributed by atoms with Gasteiger partial charge in [-0.25, -0.2) is 0 Å². The minimum absolute atomic E-state index is 0.0314. The minimum Gasteiger partial charge on any atom is -0.462 e. The molecule has 1 rings (SSSR count). The van der Waals surface area contributed by atoms with E-state index < -0.39 is 24.4 Å². The molecular formula is C43H80O8. The first kappa shape index (κ1) is 47.5. The molecule has 8 heteroatoms. The standard InChI is InChI=1S/C43H80O8/c1-3-5-7-8-9-10-11-12-13-14-15-16-17-18-19-20-26-30-43(49)51-37(34-44)35-50-42(48)29-25-22-21-24-28-38-39(41(47)33-40(38)46)32-31-36(45)27-23-6-4-2/h31-32,36-41,44-47H,3-30,33-35H2,1-2H3/b32-31+/t36-,37-,38+,39+,40-,41+/m0/s1. The van der Waals surface area contributed by atoms with Crippen LogP contribution in [0, 0.1) is 11.8 Å². The fourth-order valence-electron chi connectivity index (χ4n) is 7.36. The number of aliphatic hydroxyl groups excluding tert-OH is 4. The van der Waals surface area contributed by atoms with Gasteiger partial charge >= 0.3 is 11.9 Å². The molecule has 0 aliphatic heterocycles. The van der Waals surface area contributed by atoms with Crippen molar-refractivity contribution < 1.29 is 39.5 Å². The van der Waals surface area contributed by atoms with E-state index in [1.54, 1.807) is 6.08 Å². The van der Waals surface area contributed by atoms with E-state index in [0.29, 0.717) is 25.7 Å². The molecule has 0 bridgehead atoms. The van der Waals surface area contributed by atoms with Crippen LogP contribution in [0.25, 0.3) is 0 Å². The number of unbranched alkanes of at least 4 members (excludes halogenated alkanes) is 21. The zero-order valence-electron chi connectivity index (χ0n) is 33.0. The van der Waals surface area contributed by atoms with Gasteiger partial charge in [0.25, 0.3) is 0 Å². The van der Waals surface area contributed by atoms with Crippen molar-refractivity contribution >= 4 is 11.9 Å². The lowest BCUT2D eigenvalue weighted by Gasteiger charge is -2.21. The fourth-order valence-corrected chi connectivity index (χ4v) is 7.36. The number of hydrogen-bond donors (Lipinski definition) is 4. The van der Waals surface area contributed by atoms with Crippen LogP contribution in [0.1, 0.15) is 200 Å². The largest absolute Gasteiger partial charge is 0.462 e. The Morgan fingerprint density at radius 3 is 1.65 bits per heavy atom. The summed E-state index contributed by atoms with van der Waals surface area (Å²) in [6.07, 6.45) is 32.0. The lowest BCUT2D eigenvalue weighted by atomic mass is 9.88. The first-order chi connectivity index (χ1) is 24.8. The molecule has 6 atom stereocenters. The van der Waals surface area contributed by atoms with Crippen LogP contribution in [0.3, 0.4) is 0 Å². The Kier molecular flexibility index (Phi) is 30.9. The molecule has 8 nitrogen and oxygen atoms in total. The minimum atomic E-state index is -0.833. The van der Waals surface area contributed by atoms with Crippen molar-refractivity contribution in [3.05, 3.63) is 12.2 Å². The molecule has 1 saturated carbocycles. The van der Waals surface area contributed by atoms with Gasteiger partial charge in [-0.1, -0.05) is 167 Å². The van der Waals surface area contributed by atoms with Crippen molar-refractivity contribution in [1.29, 1.82) is 0 Å². The number of rotatable bonds is 35. The van der Waals surface area contributed by atoms with E-state index in [1.165, 1.54) is 89.9 Å². The maximum atomic E-state index is 12.2. The molecular weight excluding hydrogens is 644 g/mol. The molecule has 0 unspecified atom stereocenters. The fraction of sp³-hybridized carbons (Fsp3) is 0.907. The topological polar surface area (TPSA) is 134 Å². The van der Waals surface area contributed by atoms with Gasteiger partial charge in [-0.3, -0.25) is 9.59 Å². The first-order valence-corrected chi connectivity index (χ1v) is 21.5. The van der Waals surface area contributed by atoms with Crippen molar-refractivity contribution in [2.75, 3.05) is 13.2 Å². The van der Waals surface area contributed by atoms with E-state index in [0.717, 1.165) is 64.2 Å². The molecule has 51 heavy (non-hydrogen) atoms. The van der Waals surface area contributed by atoms with E-state index in [2.05, 4.69) is 13.8 Å². The molecule has 0 heterocycles. The summed E-state index contributed by atoms with van der Waals surface area (Å²) in [4.78, 5) is 24.5. The van der Waals surface area contributed by atoms with Crippen LogP contribution in [-0.4, -0.2) is 70.0 Å². The SMILES string of the molecule is CCCCCCCCCCCCCCCCCCCC(=O)O[C@@H](CO)COC(=O)CCCCCC[C@@H]1[C@@H](/C=C/[C@@H](O)CCCCC)[C@H](O)C[C@@H]1O. The van der Waals surface area contributed by atoms with Gasteiger partial charge in [-0.15, -0.1) is 0 Å². The van der Waals surface area contributed by atoms with E-state index >= 15 is 0 Å². The summed E-state index contributed by atoms with van der Waals surface area (Å²) in [6, 6.07) is 0. The number of aliphatic hydroxyl groups is 4. The van der Waals surface area contributed by atoms with Gasteiger partial charge in [0.1, 0.15) is 6.61 Å². The van der Waals surface area contributed by atoms with Crippen LogP contribution in [-0.2, 0) is 19.1 Å². The number of carbonyl (C=O) groups is 2. The van der Waals surface area contributed by atoms with E-state index in [-0.39, 0.29) is 43.4 Å². The van der Waals surface area contributed by atoms with Gasteiger partial charge in [0, 0.05) is 25.2 Å². The highest BCUT2D eigenvalue weighted by Crippen LogP contribution is 2.37. The van der Waals surface area contributed by atoms with Crippen molar-refractivity contribution in [2.45, 2.75) is 224 Å². The number of ether oxygens (including phenoxy) is 2. The molecule has 0 saturated heterocycles. The maximum absolute atomic E-state index is 12.2. The molecule has 0 amide bonds. The Morgan fingerprint density at radius 2 is 1.12 bits per heavy atom. The molecule has 1 fully saturated rings. The summed E-state index contributed by atoms with van der Waals surface area (Å²) in [5.74, 6) is -0.902. The summed E-state index contributed by atoms with van der Waals surface area (Å²) in [5, 5.41) is 40.8. The van der Waals surface area contributed by atoms with Crippen molar-refractivity contribution in [3.63, 3.8) is 0 Å². The molecule has 0 aromatic rings. The molecule has 0 spiro atoms. The Hall–Kier alpha value is -1.48. The molecule has 0 aromatic carbocycles. The Bertz CT molecular complexity index is 848. The summed E-state index contributed by atoms with van der Waals surface area (Å²) >= 11 is 0. The maximum Gasteiger partial charge on any atom is 0.306 e. The van der Waals surface area contributed by atoms with Crippen molar-refractivity contribution in [3.8, 4) is 0 Å². The predicted octanol–water partition coefficient (Wildman–Crippen LogP) is 9.67. The van der Waals surface area contributed by atoms with Gasteiger partial charge in [-0.05, 0) is 31.6 Å². The average Bonchev–Trinajstić information content (AvgIpc) is 3.39. The normalized spacial score (nSPS) is 20.2. The Balaban J connectivity index is 2.04. The number of esters is 2. The predicted molar refractivity (Wildman–Crippen MR) is 207 cm³/mol. The molecule has 0 aromatic heterocycles. The highest BCUT2D eigenvalue weighted by molar-refractivity contribution is 5.70. The second kappa shape index (κ2) is 33.1. The van der Waals surface area contributed by atoms with Gasteiger partial charge < -0.3 is 29.9 Å². The van der Waals surface area contributed by atoms with E-state index in [9.17, 15) is 30.0 Å². The summed E-state index contributed by atoms with van der Waals surface area (Å²) in [5.41, 5.74) is 0. The second-order valence-corrected chi connectivity index (χ2v) is 15.4. The molecule has 0 radical (unpaired) electrons. The number of hydrogen-bond acceptors (Lipinski definition) is 8. The van der Waals surface area contributed by atoms with E-state index in [4.69, 9.17) is 9.47 Å². The van der Waals surface area contributed by atoms with Crippen LogP contribution >= 0.6 is 0 Å².